The molecule has 20 heavy (non-hydrogen) atoms. The van der Waals surface area contributed by atoms with Gasteiger partial charge in [-0.2, -0.15) is 0 Å². The van der Waals surface area contributed by atoms with E-state index in [2.05, 4.69) is 15.3 Å². The molecule has 1 unspecified atom stereocenters. The van der Waals surface area contributed by atoms with E-state index in [9.17, 15) is 4.79 Å². The van der Waals surface area contributed by atoms with Gasteiger partial charge in [-0.1, -0.05) is 0 Å². The van der Waals surface area contributed by atoms with Gasteiger partial charge < -0.3 is 15.0 Å². The third kappa shape index (κ3) is 3.45. The summed E-state index contributed by atoms with van der Waals surface area (Å²) in [7, 11) is 5.45. The van der Waals surface area contributed by atoms with E-state index in [1.165, 1.54) is 0 Å². The Bertz CT molecular complexity index is 476. The number of carbonyl (C=O) groups is 1. The molecule has 0 saturated carbocycles. The van der Waals surface area contributed by atoms with Gasteiger partial charge >= 0.3 is 0 Å². The molecule has 1 aliphatic rings. The van der Waals surface area contributed by atoms with E-state index in [4.69, 9.17) is 4.74 Å². The van der Waals surface area contributed by atoms with Gasteiger partial charge in [-0.15, -0.1) is 0 Å². The summed E-state index contributed by atoms with van der Waals surface area (Å²) in [6, 6.07) is 0.0271. The second kappa shape index (κ2) is 6.65. The number of aryl methyl sites for hydroxylation is 1. The van der Waals surface area contributed by atoms with Crippen molar-refractivity contribution in [3.8, 4) is 0 Å². The van der Waals surface area contributed by atoms with Crippen LogP contribution < -0.4 is 10.2 Å². The van der Waals surface area contributed by atoms with E-state index in [-0.39, 0.29) is 11.9 Å². The average Bonchev–Trinajstić information content (AvgIpc) is 2.44. The van der Waals surface area contributed by atoms with Crippen molar-refractivity contribution >= 4 is 11.9 Å². The van der Waals surface area contributed by atoms with Crippen LogP contribution in [0, 0.1) is 0 Å². The predicted molar refractivity (Wildman–Crippen MR) is 76.7 cm³/mol. The van der Waals surface area contributed by atoms with Crippen molar-refractivity contribution < 1.29 is 9.53 Å². The van der Waals surface area contributed by atoms with Gasteiger partial charge in [-0.3, -0.25) is 4.79 Å². The highest BCUT2D eigenvalue weighted by molar-refractivity contribution is 5.76. The van der Waals surface area contributed by atoms with Gasteiger partial charge in [0.05, 0.1) is 18.3 Å². The molecular formula is C14H22N4O2. The van der Waals surface area contributed by atoms with Gasteiger partial charge in [0, 0.05) is 39.4 Å². The highest BCUT2D eigenvalue weighted by atomic mass is 16.5. The number of hydrogen-bond donors (Lipinski definition) is 1. The van der Waals surface area contributed by atoms with Crippen LogP contribution in [-0.2, 0) is 16.0 Å². The monoisotopic (exact) mass is 278 g/mol. The highest BCUT2D eigenvalue weighted by Gasteiger charge is 2.23. The molecule has 1 amide bonds. The molecule has 0 radical (unpaired) electrons. The topological polar surface area (TPSA) is 67.3 Å². The molecule has 0 aliphatic heterocycles. The van der Waals surface area contributed by atoms with E-state index < -0.39 is 0 Å². The normalized spacial score (nSPS) is 17.4. The molecular weight excluding hydrogens is 256 g/mol. The van der Waals surface area contributed by atoms with Gasteiger partial charge in [-0.25, -0.2) is 9.97 Å². The molecule has 0 fully saturated rings. The summed E-state index contributed by atoms with van der Waals surface area (Å²) >= 11 is 0. The molecule has 0 bridgehead atoms. The lowest BCUT2D eigenvalue weighted by Gasteiger charge is -2.26. The van der Waals surface area contributed by atoms with Gasteiger partial charge in [0.1, 0.15) is 0 Å². The number of ether oxygens (including phenoxy) is 1. The van der Waals surface area contributed by atoms with Crippen LogP contribution in [0.1, 0.15) is 36.6 Å². The molecule has 1 atom stereocenters. The lowest BCUT2D eigenvalue weighted by molar-refractivity contribution is -0.122. The van der Waals surface area contributed by atoms with Crippen LogP contribution in [0.5, 0.6) is 0 Å². The van der Waals surface area contributed by atoms with Crippen LogP contribution in [0.4, 0.5) is 5.95 Å². The third-order valence-corrected chi connectivity index (χ3v) is 3.44. The van der Waals surface area contributed by atoms with Crippen molar-refractivity contribution in [3.05, 3.63) is 17.5 Å². The van der Waals surface area contributed by atoms with Gasteiger partial charge in [-0.05, 0) is 19.3 Å². The van der Waals surface area contributed by atoms with Crippen molar-refractivity contribution in [2.24, 2.45) is 0 Å². The number of methoxy groups -OCH3 is 1. The summed E-state index contributed by atoms with van der Waals surface area (Å²) in [5.74, 6) is 0.733. The second-order valence-electron chi connectivity index (χ2n) is 5.22. The molecule has 0 saturated heterocycles. The molecule has 1 aromatic heterocycles. The number of anilines is 1. The number of nitrogens with one attached hydrogen (secondary N) is 1. The van der Waals surface area contributed by atoms with E-state index in [0.29, 0.717) is 13.0 Å². The Hall–Kier alpha value is -1.69. The van der Waals surface area contributed by atoms with Crippen molar-refractivity contribution in [2.45, 2.75) is 31.7 Å². The van der Waals surface area contributed by atoms with Crippen molar-refractivity contribution in [1.29, 1.82) is 0 Å². The number of carbonyl (C=O) groups excluding carboxylic acids is 1. The Labute approximate surface area is 119 Å². The Balaban J connectivity index is 2.10. The van der Waals surface area contributed by atoms with Crippen LogP contribution in [0.3, 0.4) is 0 Å². The van der Waals surface area contributed by atoms with Crippen molar-refractivity contribution in [2.75, 3.05) is 32.7 Å². The quantitative estimate of drug-likeness (QED) is 0.872. The third-order valence-electron chi connectivity index (χ3n) is 3.44. The number of rotatable bonds is 5. The Kier molecular flexibility index (Phi) is 4.89. The molecule has 1 heterocycles. The first kappa shape index (κ1) is 14.7. The minimum atomic E-state index is 0.0152. The second-order valence-corrected chi connectivity index (χ2v) is 5.22. The summed E-state index contributed by atoms with van der Waals surface area (Å²) in [5.41, 5.74) is 2.10. The number of aromatic nitrogens is 2. The molecule has 1 N–H and O–H groups in total. The Morgan fingerprint density at radius 1 is 1.55 bits per heavy atom. The summed E-state index contributed by atoms with van der Waals surface area (Å²) in [4.78, 5) is 22.6. The molecule has 0 aromatic carbocycles. The summed E-state index contributed by atoms with van der Waals surface area (Å²) in [6.45, 7) is 0.446. The van der Waals surface area contributed by atoms with Gasteiger partial charge in [0.15, 0.2) is 0 Å². The minimum absolute atomic E-state index is 0.0152. The first-order valence-corrected chi connectivity index (χ1v) is 6.93. The lowest BCUT2D eigenvalue weighted by atomic mass is 9.92. The maximum absolute atomic E-state index is 11.8. The molecule has 0 spiro atoms. The molecule has 6 heteroatoms. The van der Waals surface area contributed by atoms with Crippen molar-refractivity contribution in [3.63, 3.8) is 0 Å². The van der Waals surface area contributed by atoms with Crippen LogP contribution in [0.15, 0.2) is 6.20 Å². The van der Waals surface area contributed by atoms with Crippen LogP contribution in [0.2, 0.25) is 0 Å². The maximum atomic E-state index is 11.8. The Morgan fingerprint density at radius 3 is 3.05 bits per heavy atom. The zero-order valence-corrected chi connectivity index (χ0v) is 12.3. The number of nitrogens with zero attached hydrogens (tertiary/aromatic N) is 3. The molecule has 1 aromatic rings. The van der Waals surface area contributed by atoms with Crippen LogP contribution >= 0.6 is 0 Å². The largest absolute Gasteiger partial charge is 0.384 e. The fraction of sp³-hybridized carbons (Fsp3) is 0.643. The van der Waals surface area contributed by atoms with Crippen molar-refractivity contribution in [1.82, 2.24) is 15.3 Å². The first-order valence-electron chi connectivity index (χ1n) is 6.93. The van der Waals surface area contributed by atoms with E-state index in [0.717, 1.165) is 36.5 Å². The predicted octanol–water partition coefficient (Wildman–Crippen LogP) is 1.07. The number of hydrogen-bond acceptors (Lipinski definition) is 5. The smallest absolute Gasteiger partial charge is 0.225 e. The van der Waals surface area contributed by atoms with E-state index in [1.54, 1.807) is 7.11 Å². The number of amides is 1. The minimum Gasteiger partial charge on any atom is -0.384 e. The molecule has 2 rings (SSSR count). The first-order chi connectivity index (χ1) is 9.61. The fourth-order valence-corrected chi connectivity index (χ4v) is 2.36. The fourth-order valence-electron chi connectivity index (χ4n) is 2.36. The number of fused-ring (bicyclic) bond motifs is 1. The SMILES string of the molecule is COCCC(=O)NC1CCCc2nc(N(C)C)ncc21. The van der Waals surface area contributed by atoms with E-state index in [1.807, 2.05) is 25.2 Å². The van der Waals surface area contributed by atoms with Crippen LogP contribution in [0.25, 0.3) is 0 Å². The lowest BCUT2D eigenvalue weighted by Crippen LogP contribution is -2.32. The molecule has 110 valence electrons. The summed E-state index contributed by atoms with van der Waals surface area (Å²) in [5, 5.41) is 3.05. The standard InChI is InChI=1S/C14H22N4O2/c1-18(2)14-15-9-10-11(5-4-6-12(10)17-14)16-13(19)7-8-20-3/h9,11H,4-8H2,1-3H3,(H,16,19). The average molecular weight is 278 g/mol. The van der Waals surface area contributed by atoms with Crippen LogP contribution in [-0.4, -0.2) is 43.7 Å². The zero-order valence-electron chi connectivity index (χ0n) is 12.3. The van der Waals surface area contributed by atoms with Gasteiger partial charge in [0.2, 0.25) is 11.9 Å². The Morgan fingerprint density at radius 2 is 2.35 bits per heavy atom. The highest BCUT2D eigenvalue weighted by Crippen LogP contribution is 2.28. The summed E-state index contributed by atoms with van der Waals surface area (Å²) in [6.07, 6.45) is 5.16. The van der Waals surface area contributed by atoms with E-state index >= 15 is 0 Å². The molecule has 1 aliphatic carbocycles. The summed E-state index contributed by atoms with van der Waals surface area (Å²) < 4.78 is 4.92. The van der Waals surface area contributed by atoms with Gasteiger partial charge in [0.25, 0.3) is 0 Å². The maximum Gasteiger partial charge on any atom is 0.225 e. The zero-order chi connectivity index (χ0) is 14.5. The molecule has 6 nitrogen and oxygen atoms in total.